The first kappa shape index (κ1) is 25.1. The maximum atomic E-state index is 13.4. The van der Waals surface area contributed by atoms with Crippen LogP contribution in [0.25, 0.3) is 0 Å². The second kappa shape index (κ2) is 12.1. The smallest absolute Gasteiger partial charge is 0.262 e. The van der Waals surface area contributed by atoms with Crippen LogP contribution in [0.15, 0.2) is 108 Å². The predicted octanol–water partition coefficient (Wildman–Crippen LogP) is 6.79. The van der Waals surface area contributed by atoms with Gasteiger partial charge in [-0.1, -0.05) is 60.7 Å². The van der Waals surface area contributed by atoms with Crippen LogP contribution < -0.4 is 15.4 Å². The van der Waals surface area contributed by atoms with Crippen LogP contribution in [-0.2, 0) is 9.59 Å². The Morgan fingerprint density at radius 2 is 1.42 bits per heavy atom. The van der Waals surface area contributed by atoms with E-state index in [0.29, 0.717) is 11.4 Å². The zero-order valence-electron chi connectivity index (χ0n) is 20.2. The Kier molecular flexibility index (Phi) is 8.42. The Morgan fingerprint density at radius 1 is 0.750 bits per heavy atom. The summed E-state index contributed by atoms with van der Waals surface area (Å²) in [6.45, 7) is 3.93. The van der Waals surface area contributed by atoms with E-state index in [1.165, 1.54) is 11.8 Å². The van der Waals surface area contributed by atoms with Crippen LogP contribution in [0.1, 0.15) is 21.9 Å². The van der Waals surface area contributed by atoms with Gasteiger partial charge in [-0.15, -0.1) is 11.8 Å². The Balaban J connectivity index is 1.47. The molecule has 6 heteroatoms. The molecule has 1 unspecified atom stereocenters. The van der Waals surface area contributed by atoms with Crippen molar-refractivity contribution < 1.29 is 14.3 Å². The van der Waals surface area contributed by atoms with Crippen LogP contribution in [0.2, 0.25) is 0 Å². The molecule has 5 nitrogen and oxygen atoms in total. The maximum Gasteiger partial charge on any atom is 0.262 e. The van der Waals surface area contributed by atoms with Crippen molar-refractivity contribution >= 4 is 35.0 Å². The molecule has 182 valence electrons. The third-order valence-corrected chi connectivity index (χ3v) is 6.56. The first-order valence-corrected chi connectivity index (χ1v) is 12.5. The van der Waals surface area contributed by atoms with Gasteiger partial charge in [0.1, 0.15) is 11.0 Å². The normalized spacial score (nSPS) is 11.4. The largest absolute Gasteiger partial charge is 0.484 e. The van der Waals surface area contributed by atoms with Crippen LogP contribution in [-0.4, -0.2) is 18.4 Å². The van der Waals surface area contributed by atoms with E-state index in [-0.39, 0.29) is 18.4 Å². The number of rotatable bonds is 9. The van der Waals surface area contributed by atoms with Crippen molar-refractivity contribution in [2.75, 3.05) is 17.2 Å². The molecule has 4 rings (SSSR count). The molecule has 0 aromatic heterocycles. The SMILES string of the molecule is Cc1cc(C)cc(NC(=O)C(Sc2cccc(NC(=O)COc3ccccc3)c2)c2ccccc2)c1. The average Bonchev–Trinajstić information content (AvgIpc) is 2.87. The summed E-state index contributed by atoms with van der Waals surface area (Å²) < 4.78 is 5.53. The number of nitrogens with one attached hydrogen (secondary N) is 2. The number of anilines is 2. The van der Waals surface area contributed by atoms with Crippen molar-refractivity contribution in [2.24, 2.45) is 0 Å². The minimum Gasteiger partial charge on any atom is -0.484 e. The number of ether oxygens (including phenoxy) is 1. The van der Waals surface area contributed by atoms with Crippen LogP contribution >= 0.6 is 11.8 Å². The molecule has 0 spiro atoms. The van der Waals surface area contributed by atoms with Gasteiger partial charge in [-0.05, 0) is 73.0 Å². The predicted molar refractivity (Wildman–Crippen MR) is 147 cm³/mol. The molecule has 0 heterocycles. The molecule has 1 atom stereocenters. The van der Waals surface area contributed by atoms with Crippen molar-refractivity contribution in [2.45, 2.75) is 24.0 Å². The summed E-state index contributed by atoms with van der Waals surface area (Å²) in [5.74, 6) is 0.271. The van der Waals surface area contributed by atoms with Gasteiger partial charge in [0.25, 0.3) is 5.91 Å². The van der Waals surface area contributed by atoms with Gasteiger partial charge in [0.15, 0.2) is 6.61 Å². The monoisotopic (exact) mass is 496 g/mol. The van der Waals surface area contributed by atoms with Gasteiger partial charge < -0.3 is 15.4 Å². The number of carbonyl (C=O) groups is 2. The fourth-order valence-electron chi connectivity index (χ4n) is 3.80. The van der Waals surface area contributed by atoms with E-state index in [9.17, 15) is 9.59 Å². The van der Waals surface area contributed by atoms with E-state index in [1.54, 1.807) is 12.1 Å². The van der Waals surface area contributed by atoms with Gasteiger partial charge in [0, 0.05) is 16.3 Å². The number of carbonyl (C=O) groups excluding carboxylic acids is 2. The van der Waals surface area contributed by atoms with Crippen molar-refractivity contribution in [3.63, 3.8) is 0 Å². The van der Waals surface area contributed by atoms with E-state index in [4.69, 9.17) is 4.74 Å². The zero-order valence-corrected chi connectivity index (χ0v) is 21.0. The lowest BCUT2D eigenvalue weighted by atomic mass is 10.1. The molecule has 0 fully saturated rings. The van der Waals surface area contributed by atoms with Gasteiger partial charge in [-0.25, -0.2) is 0 Å². The number of amides is 2. The fourth-order valence-corrected chi connectivity index (χ4v) is 4.88. The molecule has 2 amide bonds. The third kappa shape index (κ3) is 7.23. The molecule has 0 aliphatic heterocycles. The molecule has 36 heavy (non-hydrogen) atoms. The molecule has 4 aromatic carbocycles. The molecule has 0 aliphatic rings. The Morgan fingerprint density at radius 3 is 2.11 bits per heavy atom. The second-order valence-corrected chi connectivity index (χ2v) is 9.63. The summed E-state index contributed by atoms with van der Waals surface area (Å²) in [6.07, 6.45) is 0. The Bertz CT molecular complexity index is 1310. The van der Waals surface area contributed by atoms with E-state index < -0.39 is 5.25 Å². The van der Waals surface area contributed by atoms with Gasteiger partial charge in [-0.3, -0.25) is 9.59 Å². The molecule has 0 radical (unpaired) electrons. The van der Waals surface area contributed by atoms with Crippen LogP contribution in [0.3, 0.4) is 0 Å². The third-order valence-electron chi connectivity index (χ3n) is 5.31. The zero-order chi connectivity index (χ0) is 25.3. The number of para-hydroxylation sites is 1. The molecule has 0 bridgehead atoms. The number of thioether (sulfide) groups is 1. The first-order valence-electron chi connectivity index (χ1n) is 11.6. The van der Waals surface area contributed by atoms with E-state index in [1.807, 2.05) is 98.8 Å². The molecule has 0 saturated heterocycles. The highest BCUT2D eigenvalue weighted by Crippen LogP contribution is 2.37. The summed E-state index contributed by atoms with van der Waals surface area (Å²) in [5.41, 5.74) is 4.50. The first-order chi connectivity index (χ1) is 17.5. The molecular formula is C30H28N2O3S. The lowest BCUT2D eigenvalue weighted by Crippen LogP contribution is -2.20. The summed E-state index contributed by atoms with van der Waals surface area (Å²) in [4.78, 5) is 26.7. The average molecular weight is 497 g/mol. The van der Waals surface area contributed by atoms with Crippen LogP contribution in [0.4, 0.5) is 11.4 Å². The summed E-state index contributed by atoms with van der Waals surface area (Å²) >= 11 is 1.43. The molecule has 2 N–H and O–H groups in total. The van der Waals surface area contributed by atoms with Crippen molar-refractivity contribution in [1.82, 2.24) is 0 Å². The summed E-state index contributed by atoms with van der Waals surface area (Å²) in [7, 11) is 0. The molecule has 4 aromatic rings. The van der Waals surface area contributed by atoms with E-state index in [0.717, 1.165) is 27.3 Å². The minimum absolute atomic E-state index is 0.0909. The summed E-state index contributed by atoms with van der Waals surface area (Å²) in [5, 5.41) is 5.47. The number of aryl methyl sites for hydroxylation is 2. The van der Waals surface area contributed by atoms with Gasteiger partial charge in [0.2, 0.25) is 5.91 Å². The van der Waals surface area contributed by atoms with Gasteiger partial charge in [-0.2, -0.15) is 0 Å². The number of benzene rings is 4. The quantitative estimate of drug-likeness (QED) is 0.250. The second-order valence-electron chi connectivity index (χ2n) is 8.45. The fraction of sp³-hybridized carbons (Fsp3) is 0.133. The highest BCUT2D eigenvalue weighted by Gasteiger charge is 2.22. The van der Waals surface area contributed by atoms with E-state index >= 15 is 0 Å². The maximum absolute atomic E-state index is 13.4. The summed E-state index contributed by atoms with van der Waals surface area (Å²) in [6, 6.07) is 32.4. The lowest BCUT2D eigenvalue weighted by Gasteiger charge is -2.18. The van der Waals surface area contributed by atoms with Crippen molar-refractivity contribution in [3.8, 4) is 5.75 Å². The standard InChI is InChI=1S/C30H28N2O3S/c1-21-16-22(2)18-25(17-21)32-30(34)29(23-10-5-3-6-11-23)36-27-15-9-12-24(19-27)31-28(33)20-35-26-13-7-4-8-14-26/h3-19,29H,20H2,1-2H3,(H,31,33)(H,32,34). The molecule has 0 aliphatic carbocycles. The Labute approximate surface area is 215 Å². The lowest BCUT2D eigenvalue weighted by molar-refractivity contribution is -0.118. The molecular weight excluding hydrogens is 468 g/mol. The minimum atomic E-state index is -0.473. The van der Waals surface area contributed by atoms with Crippen LogP contribution in [0, 0.1) is 13.8 Å². The Hall–Kier alpha value is -4.03. The molecule has 0 saturated carbocycles. The van der Waals surface area contributed by atoms with Gasteiger partial charge >= 0.3 is 0 Å². The number of hydrogen-bond acceptors (Lipinski definition) is 4. The topological polar surface area (TPSA) is 67.4 Å². The highest BCUT2D eigenvalue weighted by atomic mass is 32.2. The van der Waals surface area contributed by atoms with Crippen LogP contribution in [0.5, 0.6) is 5.75 Å². The van der Waals surface area contributed by atoms with Gasteiger partial charge in [0.05, 0.1) is 0 Å². The number of hydrogen-bond donors (Lipinski definition) is 2. The van der Waals surface area contributed by atoms with Crippen molar-refractivity contribution in [3.05, 3.63) is 120 Å². The highest BCUT2D eigenvalue weighted by molar-refractivity contribution is 8.00. The van der Waals surface area contributed by atoms with E-state index in [2.05, 4.69) is 16.7 Å². The van der Waals surface area contributed by atoms with Crippen molar-refractivity contribution in [1.29, 1.82) is 0 Å².